The second-order valence-corrected chi connectivity index (χ2v) is 7.39. The van der Waals surface area contributed by atoms with Gasteiger partial charge < -0.3 is 10.2 Å². The minimum absolute atomic E-state index is 0.242. The lowest BCUT2D eigenvalue weighted by Crippen LogP contribution is -2.44. The maximum Gasteiger partial charge on any atom is 0.222 e. The lowest BCUT2D eigenvalue weighted by atomic mass is 9.78. The van der Waals surface area contributed by atoms with Crippen molar-refractivity contribution in [3.8, 4) is 0 Å². The van der Waals surface area contributed by atoms with Gasteiger partial charge in [0.05, 0.1) is 0 Å². The zero-order valence-electron chi connectivity index (χ0n) is 12.7. The van der Waals surface area contributed by atoms with Gasteiger partial charge >= 0.3 is 0 Å². The third kappa shape index (κ3) is 3.58. The van der Waals surface area contributed by atoms with Gasteiger partial charge in [0.2, 0.25) is 5.91 Å². The monoisotopic (exact) mass is 340 g/mol. The maximum atomic E-state index is 12.4. The van der Waals surface area contributed by atoms with Crippen LogP contribution in [0.4, 0.5) is 0 Å². The molecule has 2 fully saturated rings. The summed E-state index contributed by atoms with van der Waals surface area (Å²) in [5.41, 5.74) is 1.45. The molecule has 1 N–H and O–H groups in total. The molecule has 5 heteroatoms. The van der Waals surface area contributed by atoms with Crippen LogP contribution >= 0.6 is 23.2 Å². The van der Waals surface area contributed by atoms with E-state index < -0.39 is 0 Å². The fourth-order valence-electron chi connectivity index (χ4n) is 3.58. The number of likely N-dealkylation sites (tertiary alicyclic amines) is 1. The molecule has 0 unspecified atom stereocenters. The van der Waals surface area contributed by atoms with Crippen LogP contribution in [0.2, 0.25) is 10.0 Å². The summed E-state index contributed by atoms with van der Waals surface area (Å²) in [6.45, 7) is 4.04. The van der Waals surface area contributed by atoms with Crippen molar-refractivity contribution in [1.29, 1.82) is 0 Å². The van der Waals surface area contributed by atoms with Gasteiger partial charge in [0.25, 0.3) is 0 Å². The zero-order valence-corrected chi connectivity index (χ0v) is 14.2. The number of nitrogens with one attached hydrogen (secondary N) is 1. The molecule has 1 aromatic carbocycles. The predicted octanol–water partition coefficient (Wildman–Crippen LogP) is 3.53. The maximum absolute atomic E-state index is 12.4. The topological polar surface area (TPSA) is 32.3 Å². The van der Waals surface area contributed by atoms with Gasteiger partial charge in [-0.05, 0) is 55.3 Å². The number of hydrogen-bond donors (Lipinski definition) is 1. The summed E-state index contributed by atoms with van der Waals surface area (Å²) in [6, 6.07) is 5.47. The van der Waals surface area contributed by atoms with E-state index in [0.717, 1.165) is 44.6 Å². The number of hydrogen-bond acceptors (Lipinski definition) is 2. The molecular formula is C17H22Cl2N2O. The van der Waals surface area contributed by atoms with Gasteiger partial charge in [0, 0.05) is 36.1 Å². The Morgan fingerprint density at radius 1 is 1.23 bits per heavy atom. The Hall–Kier alpha value is -0.770. The molecular weight excluding hydrogens is 319 g/mol. The lowest BCUT2D eigenvalue weighted by Gasteiger charge is -2.39. The van der Waals surface area contributed by atoms with Gasteiger partial charge in [-0.1, -0.05) is 29.3 Å². The summed E-state index contributed by atoms with van der Waals surface area (Å²) in [4.78, 5) is 14.4. The number of carbonyl (C=O) groups is 1. The van der Waals surface area contributed by atoms with Crippen molar-refractivity contribution in [2.45, 2.75) is 32.1 Å². The smallest absolute Gasteiger partial charge is 0.222 e. The van der Waals surface area contributed by atoms with Gasteiger partial charge in [0.1, 0.15) is 0 Å². The van der Waals surface area contributed by atoms with E-state index in [4.69, 9.17) is 23.2 Å². The number of piperidine rings is 1. The minimum Gasteiger partial charge on any atom is -0.343 e. The highest BCUT2D eigenvalue weighted by Crippen LogP contribution is 2.37. The molecule has 0 aromatic heterocycles. The van der Waals surface area contributed by atoms with E-state index in [2.05, 4.69) is 5.32 Å². The molecule has 1 spiro atoms. The van der Waals surface area contributed by atoms with Gasteiger partial charge in [-0.25, -0.2) is 0 Å². The Morgan fingerprint density at radius 2 is 2.00 bits per heavy atom. The highest BCUT2D eigenvalue weighted by atomic mass is 35.5. The summed E-state index contributed by atoms with van der Waals surface area (Å²) >= 11 is 12.1. The quantitative estimate of drug-likeness (QED) is 0.912. The molecule has 2 aliphatic rings. The van der Waals surface area contributed by atoms with Crippen LogP contribution < -0.4 is 5.32 Å². The Labute approximate surface area is 142 Å². The number of aryl methyl sites for hydroxylation is 1. The van der Waals surface area contributed by atoms with Crippen molar-refractivity contribution in [2.75, 3.05) is 26.2 Å². The first-order chi connectivity index (χ1) is 10.6. The van der Waals surface area contributed by atoms with E-state index in [1.54, 1.807) is 6.07 Å². The van der Waals surface area contributed by atoms with Crippen molar-refractivity contribution in [3.05, 3.63) is 33.8 Å². The first kappa shape index (κ1) is 16.1. The molecule has 0 atom stereocenters. The van der Waals surface area contributed by atoms with E-state index in [0.29, 0.717) is 28.3 Å². The second kappa shape index (κ2) is 6.77. The molecule has 0 saturated carbocycles. The fraction of sp³-hybridized carbons (Fsp3) is 0.588. The van der Waals surface area contributed by atoms with Crippen LogP contribution in [-0.4, -0.2) is 37.0 Å². The highest BCUT2D eigenvalue weighted by Gasteiger charge is 2.37. The standard InChI is InChI=1S/C17H22Cl2N2O/c18-14-3-1-13(15(19)11-14)2-4-16(22)21-9-6-17(7-10-21)5-8-20-12-17/h1,3,11,20H,2,4-10,12H2. The molecule has 22 heavy (non-hydrogen) atoms. The SMILES string of the molecule is O=C(CCc1ccc(Cl)cc1Cl)N1CCC2(CCNC2)CC1. The van der Waals surface area contributed by atoms with Crippen LogP contribution in [-0.2, 0) is 11.2 Å². The van der Waals surface area contributed by atoms with Crippen LogP contribution in [0.3, 0.4) is 0 Å². The Bertz CT molecular complexity index is 546. The number of halogens is 2. The van der Waals surface area contributed by atoms with E-state index in [1.165, 1.54) is 6.42 Å². The van der Waals surface area contributed by atoms with Crippen LogP contribution in [0.15, 0.2) is 18.2 Å². The summed E-state index contributed by atoms with van der Waals surface area (Å²) in [7, 11) is 0. The predicted molar refractivity (Wildman–Crippen MR) is 90.5 cm³/mol. The van der Waals surface area contributed by atoms with E-state index in [1.807, 2.05) is 17.0 Å². The summed E-state index contributed by atoms with van der Waals surface area (Å²) in [5, 5.41) is 4.73. The molecule has 0 radical (unpaired) electrons. The average molecular weight is 341 g/mol. The Kier molecular flexibility index (Phi) is 4.96. The van der Waals surface area contributed by atoms with E-state index >= 15 is 0 Å². The third-order valence-electron chi connectivity index (χ3n) is 5.13. The third-order valence-corrected chi connectivity index (χ3v) is 5.72. The molecule has 3 nitrogen and oxygen atoms in total. The van der Waals surface area contributed by atoms with Crippen LogP contribution in [0, 0.1) is 5.41 Å². The van der Waals surface area contributed by atoms with Crippen LogP contribution in [0.25, 0.3) is 0 Å². The molecule has 3 rings (SSSR count). The molecule has 120 valence electrons. The molecule has 2 saturated heterocycles. The number of nitrogens with zero attached hydrogens (tertiary/aromatic N) is 1. The summed E-state index contributed by atoms with van der Waals surface area (Å²) in [5.74, 6) is 0.242. The number of carbonyl (C=O) groups excluding carboxylic acids is 1. The molecule has 0 aliphatic carbocycles. The van der Waals surface area contributed by atoms with Crippen LogP contribution in [0.5, 0.6) is 0 Å². The number of amides is 1. The summed E-state index contributed by atoms with van der Waals surface area (Å²) in [6.07, 6.45) is 4.72. The van der Waals surface area contributed by atoms with E-state index in [-0.39, 0.29) is 5.91 Å². The first-order valence-electron chi connectivity index (χ1n) is 8.00. The lowest BCUT2D eigenvalue weighted by molar-refractivity contribution is -0.133. The molecule has 2 aliphatic heterocycles. The van der Waals surface area contributed by atoms with Gasteiger partial charge in [0.15, 0.2) is 0 Å². The number of benzene rings is 1. The van der Waals surface area contributed by atoms with Gasteiger partial charge in [-0.3, -0.25) is 4.79 Å². The highest BCUT2D eigenvalue weighted by molar-refractivity contribution is 6.35. The normalized spacial score (nSPS) is 20.5. The van der Waals surface area contributed by atoms with Crippen molar-refractivity contribution in [3.63, 3.8) is 0 Å². The minimum atomic E-state index is 0.242. The molecule has 2 heterocycles. The second-order valence-electron chi connectivity index (χ2n) is 6.54. The molecule has 1 aromatic rings. The van der Waals surface area contributed by atoms with Gasteiger partial charge in [-0.2, -0.15) is 0 Å². The van der Waals surface area contributed by atoms with Gasteiger partial charge in [-0.15, -0.1) is 0 Å². The van der Waals surface area contributed by atoms with Crippen LogP contribution in [0.1, 0.15) is 31.2 Å². The van der Waals surface area contributed by atoms with Crippen molar-refractivity contribution < 1.29 is 4.79 Å². The summed E-state index contributed by atoms with van der Waals surface area (Å²) < 4.78 is 0. The Morgan fingerprint density at radius 3 is 2.64 bits per heavy atom. The number of rotatable bonds is 3. The van der Waals surface area contributed by atoms with Crippen molar-refractivity contribution in [1.82, 2.24) is 10.2 Å². The van der Waals surface area contributed by atoms with E-state index in [9.17, 15) is 4.79 Å². The molecule has 0 bridgehead atoms. The fourth-order valence-corrected chi connectivity index (χ4v) is 4.08. The zero-order chi connectivity index (χ0) is 15.6. The Balaban J connectivity index is 1.50. The molecule has 1 amide bonds. The van der Waals surface area contributed by atoms with Crippen molar-refractivity contribution in [2.24, 2.45) is 5.41 Å². The van der Waals surface area contributed by atoms with Crippen molar-refractivity contribution >= 4 is 29.1 Å². The largest absolute Gasteiger partial charge is 0.343 e. The first-order valence-corrected chi connectivity index (χ1v) is 8.76. The average Bonchev–Trinajstić information content (AvgIpc) is 2.95.